The predicted molar refractivity (Wildman–Crippen MR) is 73.2 cm³/mol. The summed E-state index contributed by atoms with van der Waals surface area (Å²) in [5.74, 6) is 0.552. The summed E-state index contributed by atoms with van der Waals surface area (Å²) in [5.41, 5.74) is 1.13. The summed E-state index contributed by atoms with van der Waals surface area (Å²) in [6.07, 6.45) is 2.09. The highest BCUT2D eigenvalue weighted by Gasteiger charge is 2.12. The predicted octanol–water partition coefficient (Wildman–Crippen LogP) is 2.14. The molecule has 0 saturated carbocycles. The molecular weight excluding hydrogens is 226 g/mol. The maximum absolute atomic E-state index is 11.7. The van der Waals surface area contributed by atoms with Crippen molar-refractivity contribution in [1.29, 1.82) is 0 Å². The second kappa shape index (κ2) is 7.88. The van der Waals surface area contributed by atoms with Crippen LogP contribution in [0, 0.1) is 5.92 Å². The first-order chi connectivity index (χ1) is 8.61. The molecule has 3 nitrogen and oxygen atoms in total. The monoisotopic (exact) mass is 249 g/mol. The highest BCUT2D eigenvalue weighted by atomic mass is 16.3. The summed E-state index contributed by atoms with van der Waals surface area (Å²) in [4.78, 5) is 11.7. The molecule has 2 N–H and O–H groups in total. The summed E-state index contributed by atoms with van der Waals surface area (Å²) >= 11 is 0. The van der Waals surface area contributed by atoms with Crippen LogP contribution in [0.5, 0.6) is 0 Å². The first-order valence-corrected chi connectivity index (χ1v) is 6.56. The van der Waals surface area contributed by atoms with Crippen molar-refractivity contribution in [3.8, 4) is 0 Å². The molecule has 0 heterocycles. The van der Waals surface area contributed by atoms with Gasteiger partial charge in [-0.2, -0.15) is 0 Å². The summed E-state index contributed by atoms with van der Waals surface area (Å²) in [7, 11) is 0. The number of aliphatic hydroxyl groups is 1. The zero-order chi connectivity index (χ0) is 13.4. The molecule has 100 valence electrons. The maximum atomic E-state index is 11.7. The first-order valence-electron chi connectivity index (χ1n) is 6.56. The number of rotatable bonds is 7. The summed E-state index contributed by atoms with van der Waals surface area (Å²) in [5, 5.41) is 12.2. The van der Waals surface area contributed by atoms with Crippen LogP contribution in [0.4, 0.5) is 0 Å². The van der Waals surface area contributed by atoms with Crippen molar-refractivity contribution in [1.82, 2.24) is 5.32 Å². The van der Waals surface area contributed by atoms with Gasteiger partial charge in [0.25, 0.3) is 0 Å². The van der Waals surface area contributed by atoms with E-state index in [9.17, 15) is 9.90 Å². The van der Waals surface area contributed by atoms with E-state index in [1.165, 1.54) is 0 Å². The fourth-order valence-electron chi connectivity index (χ4n) is 1.78. The van der Waals surface area contributed by atoms with Gasteiger partial charge in [0.15, 0.2) is 0 Å². The molecule has 3 heteroatoms. The Bertz CT molecular complexity index is 349. The molecule has 0 aliphatic heterocycles. The normalized spacial score (nSPS) is 12.4. The molecule has 0 aliphatic carbocycles. The number of carbonyl (C=O) groups is 1. The van der Waals surface area contributed by atoms with E-state index in [4.69, 9.17) is 0 Å². The zero-order valence-electron chi connectivity index (χ0n) is 11.2. The van der Waals surface area contributed by atoms with Crippen molar-refractivity contribution in [3.05, 3.63) is 35.9 Å². The number of hydrogen-bond donors (Lipinski definition) is 2. The number of amides is 1. The van der Waals surface area contributed by atoms with E-state index < -0.39 is 0 Å². The number of benzene rings is 1. The van der Waals surface area contributed by atoms with Crippen molar-refractivity contribution >= 4 is 5.91 Å². The average molecular weight is 249 g/mol. The minimum Gasteiger partial charge on any atom is -0.394 e. The van der Waals surface area contributed by atoms with Gasteiger partial charge in [-0.15, -0.1) is 0 Å². The molecule has 0 aliphatic rings. The third kappa shape index (κ3) is 5.82. The molecule has 0 fully saturated rings. The first kappa shape index (κ1) is 14.7. The van der Waals surface area contributed by atoms with Crippen LogP contribution in [0.3, 0.4) is 0 Å². The van der Waals surface area contributed by atoms with Crippen LogP contribution in [-0.4, -0.2) is 23.7 Å². The Morgan fingerprint density at radius 1 is 1.28 bits per heavy atom. The quantitative estimate of drug-likeness (QED) is 0.778. The number of carbonyl (C=O) groups excluding carboxylic acids is 1. The molecule has 0 spiro atoms. The van der Waals surface area contributed by atoms with E-state index in [0.29, 0.717) is 18.8 Å². The van der Waals surface area contributed by atoms with E-state index >= 15 is 0 Å². The number of aliphatic hydroxyl groups excluding tert-OH is 1. The van der Waals surface area contributed by atoms with Crippen molar-refractivity contribution in [2.45, 2.75) is 39.2 Å². The van der Waals surface area contributed by atoms with Crippen LogP contribution in [0.25, 0.3) is 0 Å². The van der Waals surface area contributed by atoms with Gasteiger partial charge in [0.2, 0.25) is 5.91 Å². The molecule has 0 radical (unpaired) electrons. The van der Waals surface area contributed by atoms with Crippen LogP contribution < -0.4 is 5.32 Å². The lowest BCUT2D eigenvalue weighted by Gasteiger charge is -2.16. The topological polar surface area (TPSA) is 49.3 Å². The standard InChI is InChI=1S/C15H23NO2/c1-12(2)8-9-15(18)16-14(11-17)10-13-6-4-3-5-7-13/h3-7,12,14,17H,8-11H2,1-2H3,(H,16,18)/t14-/m1/s1. The molecular formula is C15H23NO2. The molecule has 0 saturated heterocycles. The largest absolute Gasteiger partial charge is 0.394 e. The Morgan fingerprint density at radius 2 is 1.94 bits per heavy atom. The Labute approximate surface area is 109 Å². The molecule has 0 bridgehead atoms. The smallest absolute Gasteiger partial charge is 0.220 e. The number of nitrogens with one attached hydrogen (secondary N) is 1. The van der Waals surface area contributed by atoms with E-state index in [-0.39, 0.29) is 18.6 Å². The van der Waals surface area contributed by atoms with Gasteiger partial charge in [0.1, 0.15) is 0 Å². The molecule has 1 aromatic carbocycles. The van der Waals surface area contributed by atoms with Gasteiger partial charge in [0, 0.05) is 6.42 Å². The van der Waals surface area contributed by atoms with Gasteiger partial charge in [-0.25, -0.2) is 0 Å². The Balaban J connectivity index is 2.40. The van der Waals surface area contributed by atoms with Crippen LogP contribution >= 0.6 is 0 Å². The molecule has 1 aromatic rings. The second-order valence-corrected chi connectivity index (χ2v) is 5.07. The van der Waals surface area contributed by atoms with E-state index in [2.05, 4.69) is 19.2 Å². The molecule has 0 aromatic heterocycles. The summed E-state index contributed by atoms with van der Waals surface area (Å²) in [6.45, 7) is 4.17. The van der Waals surface area contributed by atoms with Gasteiger partial charge in [-0.05, 0) is 24.3 Å². The van der Waals surface area contributed by atoms with Crippen LogP contribution in [0.15, 0.2) is 30.3 Å². The summed E-state index contributed by atoms with van der Waals surface area (Å²) < 4.78 is 0. The fourth-order valence-corrected chi connectivity index (χ4v) is 1.78. The minimum atomic E-state index is -0.188. The van der Waals surface area contributed by atoms with Crippen LogP contribution in [0.2, 0.25) is 0 Å². The van der Waals surface area contributed by atoms with E-state index in [1.54, 1.807) is 0 Å². The SMILES string of the molecule is CC(C)CCC(=O)N[C@@H](CO)Cc1ccccc1. The van der Waals surface area contributed by atoms with Crippen LogP contribution in [0.1, 0.15) is 32.3 Å². The third-order valence-electron chi connectivity index (χ3n) is 2.86. The van der Waals surface area contributed by atoms with Crippen LogP contribution in [-0.2, 0) is 11.2 Å². The second-order valence-electron chi connectivity index (χ2n) is 5.07. The van der Waals surface area contributed by atoms with E-state index in [1.807, 2.05) is 30.3 Å². The number of hydrogen-bond acceptors (Lipinski definition) is 2. The maximum Gasteiger partial charge on any atom is 0.220 e. The highest BCUT2D eigenvalue weighted by molar-refractivity contribution is 5.76. The van der Waals surface area contributed by atoms with Crippen molar-refractivity contribution < 1.29 is 9.90 Å². The molecule has 18 heavy (non-hydrogen) atoms. The minimum absolute atomic E-state index is 0.0255. The van der Waals surface area contributed by atoms with Crippen molar-refractivity contribution in [2.24, 2.45) is 5.92 Å². The zero-order valence-corrected chi connectivity index (χ0v) is 11.2. The van der Waals surface area contributed by atoms with Gasteiger partial charge in [-0.1, -0.05) is 44.2 Å². The fraction of sp³-hybridized carbons (Fsp3) is 0.533. The summed E-state index contributed by atoms with van der Waals surface area (Å²) in [6, 6.07) is 9.70. The van der Waals surface area contributed by atoms with Gasteiger partial charge in [0.05, 0.1) is 12.6 Å². The van der Waals surface area contributed by atoms with Crippen molar-refractivity contribution in [2.75, 3.05) is 6.61 Å². The Hall–Kier alpha value is -1.35. The van der Waals surface area contributed by atoms with Gasteiger partial charge < -0.3 is 10.4 Å². The molecule has 1 amide bonds. The average Bonchev–Trinajstić information content (AvgIpc) is 2.37. The third-order valence-corrected chi connectivity index (χ3v) is 2.86. The van der Waals surface area contributed by atoms with Crippen molar-refractivity contribution in [3.63, 3.8) is 0 Å². The van der Waals surface area contributed by atoms with E-state index in [0.717, 1.165) is 12.0 Å². The lowest BCUT2D eigenvalue weighted by Crippen LogP contribution is -2.39. The molecule has 1 rings (SSSR count). The van der Waals surface area contributed by atoms with Gasteiger partial charge in [-0.3, -0.25) is 4.79 Å². The lowest BCUT2D eigenvalue weighted by molar-refractivity contribution is -0.122. The Morgan fingerprint density at radius 3 is 2.50 bits per heavy atom. The Kier molecular flexibility index (Phi) is 6.44. The molecule has 0 unspecified atom stereocenters. The van der Waals surface area contributed by atoms with Gasteiger partial charge >= 0.3 is 0 Å². The lowest BCUT2D eigenvalue weighted by atomic mass is 10.1. The highest BCUT2D eigenvalue weighted by Crippen LogP contribution is 2.05. The molecule has 1 atom stereocenters.